The third kappa shape index (κ3) is 3.68. The zero-order chi connectivity index (χ0) is 13.5. The summed E-state index contributed by atoms with van der Waals surface area (Å²) >= 11 is 0. The molecule has 0 fully saturated rings. The molecule has 2 rings (SSSR count). The highest BCUT2D eigenvalue weighted by molar-refractivity contribution is 5.89. The van der Waals surface area contributed by atoms with Crippen molar-refractivity contribution in [3.63, 3.8) is 0 Å². The molecule has 0 atom stereocenters. The number of ether oxygens (including phenoxy) is 1. The second kappa shape index (κ2) is 6.36. The van der Waals surface area contributed by atoms with E-state index in [2.05, 4.69) is 4.85 Å². The number of carbonyl (C=O) groups is 1. The Bertz CT molecular complexity index is 582. The Kier molecular flexibility index (Phi) is 4.30. The van der Waals surface area contributed by atoms with E-state index in [1.807, 2.05) is 30.3 Å². The number of nitrogens with zero attached hydrogens (tertiary/aromatic N) is 1. The lowest BCUT2D eigenvalue weighted by Crippen LogP contribution is -2.05. The number of carbonyl (C=O) groups excluding carboxylic acids is 1. The Morgan fingerprint density at radius 1 is 1.00 bits per heavy atom. The average molecular weight is 251 g/mol. The van der Waals surface area contributed by atoms with Crippen LogP contribution in [-0.4, -0.2) is 5.97 Å². The molecule has 0 amide bonds. The van der Waals surface area contributed by atoms with Crippen LogP contribution in [0.25, 0.3) is 4.85 Å². The summed E-state index contributed by atoms with van der Waals surface area (Å²) < 4.78 is 5.21. The largest absolute Gasteiger partial charge is 0.457 e. The number of benzene rings is 2. The number of rotatable bonds is 4. The number of hydrogen-bond donors (Lipinski definition) is 0. The summed E-state index contributed by atoms with van der Waals surface area (Å²) in [4.78, 5) is 15.1. The molecule has 0 aliphatic heterocycles. The Morgan fingerprint density at radius 2 is 1.68 bits per heavy atom. The summed E-state index contributed by atoms with van der Waals surface area (Å²) in [6.45, 7) is 7.37. The number of hydrogen-bond acceptors (Lipinski definition) is 2. The SMILES string of the molecule is [C-]#[N+]Cc1ccc(C(=O)OCc2ccccc2)cc1. The van der Waals surface area contributed by atoms with Gasteiger partial charge in [0.2, 0.25) is 6.54 Å². The van der Waals surface area contributed by atoms with Crippen molar-refractivity contribution in [1.82, 2.24) is 0 Å². The lowest BCUT2D eigenvalue weighted by Gasteiger charge is -2.05. The molecule has 0 N–H and O–H groups in total. The van der Waals surface area contributed by atoms with Gasteiger partial charge >= 0.3 is 5.97 Å². The van der Waals surface area contributed by atoms with E-state index in [-0.39, 0.29) is 12.6 Å². The van der Waals surface area contributed by atoms with E-state index >= 15 is 0 Å². The first-order valence-corrected chi connectivity index (χ1v) is 5.93. The summed E-state index contributed by atoms with van der Waals surface area (Å²) in [7, 11) is 0. The maximum Gasteiger partial charge on any atom is 0.338 e. The molecule has 0 spiro atoms. The minimum Gasteiger partial charge on any atom is -0.457 e. The van der Waals surface area contributed by atoms with Crippen molar-refractivity contribution >= 4 is 5.97 Å². The monoisotopic (exact) mass is 251 g/mol. The topological polar surface area (TPSA) is 30.7 Å². The van der Waals surface area contributed by atoms with Crippen molar-refractivity contribution in [2.75, 3.05) is 0 Å². The predicted octanol–water partition coefficient (Wildman–Crippen LogP) is 3.46. The minimum absolute atomic E-state index is 0.267. The molecule has 3 nitrogen and oxygen atoms in total. The molecule has 0 aliphatic carbocycles. The molecule has 0 radical (unpaired) electrons. The smallest absolute Gasteiger partial charge is 0.338 e. The van der Waals surface area contributed by atoms with Gasteiger partial charge in [0.25, 0.3) is 0 Å². The normalized spacial score (nSPS) is 9.63. The lowest BCUT2D eigenvalue weighted by atomic mass is 10.1. The van der Waals surface area contributed by atoms with E-state index in [1.165, 1.54) is 0 Å². The molecule has 0 saturated carbocycles. The quantitative estimate of drug-likeness (QED) is 0.615. The van der Waals surface area contributed by atoms with Crippen molar-refractivity contribution in [3.05, 3.63) is 82.7 Å². The predicted molar refractivity (Wildman–Crippen MR) is 72.3 cm³/mol. The van der Waals surface area contributed by atoms with Gasteiger partial charge in [-0.2, -0.15) is 0 Å². The van der Waals surface area contributed by atoms with Crippen molar-refractivity contribution in [2.24, 2.45) is 0 Å². The number of esters is 1. The Balaban J connectivity index is 1.95. The molecule has 2 aromatic rings. The van der Waals surface area contributed by atoms with Gasteiger partial charge in [0, 0.05) is 5.56 Å². The third-order valence-corrected chi connectivity index (χ3v) is 2.66. The van der Waals surface area contributed by atoms with Crippen molar-refractivity contribution in [2.45, 2.75) is 13.2 Å². The summed E-state index contributed by atoms with van der Waals surface area (Å²) in [6, 6.07) is 16.5. The highest BCUT2D eigenvalue weighted by Crippen LogP contribution is 2.09. The van der Waals surface area contributed by atoms with E-state index in [1.54, 1.807) is 24.3 Å². The molecule has 0 heterocycles. The maximum atomic E-state index is 11.8. The fourth-order valence-electron chi connectivity index (χ4n) is 1.64. The van der Waals surface area contributed by atoms with Gasteiger partial charge in [0.15, 0.2) is 0 Å². The van der Waals surface area contributed by atoms with Crippen LogP contribution in [0.1, 0.15) is 21.5 Å². The van der Waals surface area contributed by atoms with Gasteiger partial charge < -0.3 is 9.58 Å². The molecule has 0 aromatic heterocycles. The van der Waals surface area contributed by atoms with Crippen molar-refractivity contribution in [3.8, 4) is 0 Å². The Labute approximate surface area is 112 Å². The third-order valence-electron chi connectivity index (χ3n) is 2.66. The Morgan fingerprint density at radius 3 is 2.32 bits per heavy atom. The molecule has 94 valence electrons. The molecule has 3 heteroatoms. The van der Waals surface area contributed by atoms with Crippen molar-refractivity contribution in [1.29, 1.82) is 0 Å². The minimum atomic E-state index is -0.349. The highest BCUT2D eigenvalue weighted by atomic mass is 16.5. The summed E-state index contributed by atoms with van der Waals surface area (Å²) in [5.74, 6) is -0.349. The molecule has 0 aliphatic rings. The Hall–Kier alpha value is -2.60. The molecule has 0 saturated heterocycles. The standard InChI is InChI=1S/C16H13NO2/c1-17-11-13-7-9-15(10-8-13)16(18)19-12-14-5-3-2-4-6-14/h2-10H,11-12H2. The maximum absolute atomic E-state index is 11.8. The molecule has 0 unspecified atom stereocenters. The van der Waals surface area contributed by atoms with Gasteiger partial charge in [0.05, 0.1) is 5.56 Å². The van der Waals surface area contributed by atoms with Crippen LogP contribution < -0.4 is 0 Å². The van der Waals surface area contributed by atoms with Crippen LogP contribution >= 0.6 is 0 Å². The van der Waals surface area contributed by atoms with Gasteiger partial charge in [-0.1, -0.05) is 42.5 Å². The first kappa shape index (κ1) is 12.8. The van der Waals surface area contributed by atoms with Crippen LogP contribution in [0.15, 0.2) is 54.6 Å². The fraction of sp³-hybridized carbons (Fsp3) is 0.125. The van der Waals surface area contributed by atoms with Crippen LogP contribution in [0.3, 0.4) is 0 Å². The van der Waals surface area contributed by atoms with E-state index in [0.29, 0.717) is 12.1 Å². The van der Waals surface area contributed by atoms with E-state index in [9.17, 15) is 4.79 Å². The highest BCUT2D eigenvalue weighted by Gasteiger charge is 2.07. The van der Waals surface area contributed by atoms with E-state index in [4.69, 9.17) is 11.3 Å². The van der Waals surface area contributed by atoms with Gasteiger partial charge in [-0.15, -0.1) is 0 Å². The zero-order valence-electron chi connectivity index (χ0n) is 10.4. The van der Waals surface area contributed by atoms with Gasteiger partial charge in [-0.05, 0) is 17.7 Å². The zero-order valence-corrected chi connectivity index (χ0v) is 10.4. The van der Waals surface area contributed by atoms with Crippen LogP contribution in [0.5, 0.6) is 0 Å². The molecular formula is C16H13NO2. The first-order chi connectivity index (χ1) is 9.29. The first-order valence-electron chi connectivity index (χ1n) is 5.93. The van der Waals surface area contributed by atoms with Crippen LogP contribution in [0, 0.1) is 6.57 Å². The van der Waals surface area contributed by atoms with Crippen molar-refractivity contribution < 1.29 is 9.53 Å². The van der Waals surface area contributed by atoms with Gasteiger partial charge in [0.1, 0.15) is 6.61 Å². The van der Waals surface area contributed by atoms with E-state index < -0.39 is 0 Å². The summed E-state index contributed by atoms with van der Waals surface area (Å²) in [6.07, 6.45) is 0. The van der Waals surface area contributed by atoms with Crippen LogP contribution in [-0.2, 0) is 17.9 Å². The van der Waals surface area contributed by atoms with Gasteiger partial charge in [-0.3, -0.25) is 0 Å². The molecule has 19 heavy (non-hydrogen) atoms. The molecule has 0 bridgehead atoms. The summed E-state index contributed by atoms with van der Waals surface area (Å²) in [5, 5.41) is 0. The summed E-state index contributed by atoms with van der Waals surface area (Å²) in [5.41, 5.74) is 2.36. The second-order valence-corrected chi connectivity index (χ2v) is 4.07. The van der Waals surface area contributed by atoms with E-state index in [0.717, 1.165) is 11.1 Å². The average Bonchev–Trinajstić information content (AvgIpc) is 2.47. The second-order valence-electron chi connectivity index (χ2n) is 4.07. The van der Waals surface area contributed by atoms with Crippen LogP contribution in [0.2, 0.25) is 0 Å². The van der Waals surface area contributed by atoms with Crippen LogP contribution in [0.4, 0.5) is 0 Å². The molecule has 2 aromatic carbocycles. The van der Waals surface area contributed by atoms with Gasteiger partial charge in [-0.25, -0.2) is 11.4 Å². The lowest BCUT2D eigenvalue weighted by molar-refractivity contribution is 0.0472. The molecular weight excluding hydrogens is 238 g/mol. The fourth-order valence-corrected chi connectivity index (χ4v) is 1.64.